The third kappa shape index (κ3) is 22.7. The van der Waals surface area contributed by atoms with Gasteiger partial charge in [0.15, 0.2) is 0 Å². The Bertz CT molecular complexity index is 11.6. The van der Waals surface area contributed by atoms with Crippen molar-refractivity contribution in [1.82, 2.24) is 0 Å². The zero-order chi connectivity index (χ0) is 2.71. The molecular weight excluding hydrogens is 332 g/mol. The molecule has 0 spiro atoms. The second-order valence-electron chi connectivity index (χ2n) is 0.224. The van der Waals surface area contributed by atoms with E-state index >= 15 is 0 Å². The van der Waals surface area contributed by atoms with Gasteiger partial charge in [-0.3, -0.25) is 0 Å². The van der Waals surface area contributed by atoms with E-state index in [0.717, 1.165) is 0 Å². The van der Waals surface area contributed by atoms with E-state index in [0.29, 0.717) is 0 Å². The summed E-state index contributed by atoms with van der Waals surface area (Å²) < 4.78 is 0. The molecule has 0 rings (SSSR count). The minimum atomic E-state index is 0. The summed E-state index contributed by atoms with van der Waals surface area (Å²) in [4.78, 5) is 7.60. The van der Waals surface area contributed by atoms with Gasteiger partial charge in [0.25, 0.3) is 0 Å². The Morgan fingerprint density at radius 1 is 1.60 bits per heavy atom. The molecule has 0 heterocycles. The summed E-state index contributed by atoms with van der Waals surface area (Å²) in [5.74, 6) is 0. The molecule has 0 saturated carbocycles. The Morgan fingerprint density at radius 2 is 1.60 bits per heavy atom. The molecule has 4 heteroatoms. The Balaban J connectivity index is -0.0000000200. The average molecular weight is 337 g/mol. The Kier molecular flexibility index (Phi) is 51.5. The van der Waals surface area contributed by atoms with Gasteiger partial charge in [-0.25, -0.2) is 0 Å². The van der Waals surface area contributed by atoms with Crippen LogP contribution in [-0.4, -0.2) is 11.6 Å². The molecule has 29 valence electrons. The van der Waals surface area contributed by atoms with Gasteiger partial charge in [-0.15, -0.1) is 0 Å². The van der Waals surface area contributed by atoms with Crippen molar-refractivity contribution < 1.29 is 58.7 Å². The van der Waals surface area contributed by atoms with Gasteiger partial charge < -0.3 is 4.89 Å². The zero-order valence-corrected chi connectivity index (χ0v) is 9.70. The molecule has 1 radical (unpaired) electrons. The first-order valence-corrected chi connectivity index (χ1v) is 2.17. The molecule has 0 aromatic heterocycles. The van der Waals surface area contributed by atoms with E-state index in [2.05, 4.69) is 0 Å². The van der Waals surface area contributed by atoms with Crippen LogP contribution in [-0.2, 0) is 53.8 Å². The minimum Gasteiger partial charge on any atom is -0.377 e. The molecule has 1 nitrogen and oxygen atoms in total. The van der Waals surface area contributed by atoms with E-state index < -0.39 is 0 Å². The summed E-state index contributed by atoms with van der Waals surface area (Å²) in [6.45, 7) is 1.71. The molecule has 0 aromatic carbocycles. The van der Waals surface area contributed by atoms with Crippen LogP contribution in [0.25, 0.3) is 0 Å². The van der Waals surface area contributed by atoms with Gasteiger partial charge in [0, 0.05) is 62.6 Å². The topological polar surface area (TPSA) is 20.2 Å². The molecule has 0 aliphatic heterocycles. The molecule has 0 saturated heterocycles. The van der Waals surface area contributed by atoms with Crippen molar-refractivity contribution in [2.24, 2.45) is 0 Å². The molecule has 0 aromatic rings. The minimum absolute atomic E-state index is 0. The van der Waals surface area contributed by atoms with Crippen molar-refractivity contribution >= 4 is 8.81 Å². The maximum atomic E-state index is 7.60. The third-order valence-corrected chi connectivity index (χ3v) is 0. The Morgan fingerprint density at radius 3 is 1.60 bits per heavy atom. The van der Waals surface area contributed by atoms with Crippen LogP contribution >= 0.6 is 8.81 Å². The Labute approximate surface area is 73.3 Å². The van der Waals surface area contributed by atoms with Crippen molar-refractivity contribution in [3.63, 3.8) is 0 Å². The number of rotatable bonds is 0. The van der Waals surface area contributed by atoms with E-state index in [1.165, 1.54) is 0 Å². The van der Waals surface area contributed by atoms with E-state index in [1.54, 1.807) is 6.66 Å². The van der Waals surface area contributed by atoms with Crippen LogP contribution in [0.4, 0.5) is 0 Å². The van der Waals surface area contributed by atoms with Crippen molar-refractivity contribution in [3.05, 3.63) is 0 Å². The van der Waals surface area contributed by atoms with E-state index in [1.807, 2.05) is 0 Å². The first kappa shape index (κ1) is 15.7. The fourth-order valence-corrected chi connectivity index (χ4v) is 0. The van der Waals surface area contributed by atoms with Crippen molar-refractivity contribution in [1.29, 1.82) is 0 Å². The van der Waals surface area contributed by atoms with Crippen molar-refractivity contribution in [3.8, 4) is 0 Å². The maximum Gasteiger partial charge on any atom is 0.00749 e. The Hall–Kier alpha value is 2.18. The molecule has 0 amide bonds. The predicted octanol–water partition coefficient (Wildman–Crippen LogP) is 0.197. The number of hydrogen-bond donors (Lipinski definition) is 1. The summed E-state index contributed by atoms with van der Waals surface area (Å²) >= 11 is 0. The first-order valence-electron chi connectivity index (χ1n) is 0.724. The molecule has 5 heavy (non-hydrogen) atoms. The summed E-state index contributed by atoms with van der Waals surface area (Å²) in [5, 5.41) is 0. The third-order valence-electron chi connectivity index (χ3n) is 0. The van der Waals surface area contributed by atoms with Crippen LogP contribution in [0, 0.1) is 0 Å². The molecule has 1 unspecified atom stereocenters. The molecule has 1 N–H and O–H groups in total. The van der Waals surface area contributed by atoms with Crippen LogP contribution in [0.2, 0.25) is 0 Å². The van der Waals surface area contributed by atoms with Crippen LogP contribution in [0.3, 0.4) is 0 Å². The predicted molar refractivity (Wildman–Crippen MR) is 16.5 cm³/mol. The summed E-state index contributed by atoms with van der Waals surface area (Å²) in [6.07, 6.45) is 0. The van der Waals surface area contributed by atoms with Gasteiger partial charge in [-0.05, 0) is 6.66 Å². The molecule has 1 atom stereocenters. The van der Waals surface area contributed by atoms with Crippen LogP contribution in [0.5, 0.6) is 0 Å². The van der Waals surface area contributed by atoms with E-state index in [-0.39, 0.29) is 62.6 Å². The second-order valence-corrected chi connectivity index (χ2v) is 0.671. The smallest absolute Gasteiger partial charge is 0.00749 e. The van der Waals surface area contributed by atoms with Crippen LogP contribution in [0.1, 0.15) is 0 Å². The fraction of sp³-hybridized carbons (Fsp3) is 1.00. The van der Waals surface area contributed by atoms with E-state index in [9.17, 15) is 0 Å². The zero-order valence-electron chi connectivity index (χ0n) is 2.93. The standard InChI is InChI=1S/CH5OP.W.Y/c1-3-2;;/h2-3H,1H3;;. The van der Waals surface area contributed by atoms with Crippen molar-refractivity contribution in [2.75, 3.05) is 6.66 Å². The summed E-state index contributed by atoms with van der Waals surface area (Å²) in [5.41, 5.74) is 0. The van der Waals surface area contributed by atoms with Gasteiger partial charge in [0.2, 0.25) is 0 Å². The molecule has 0 fully saturated rings. The van der Waals surface area contributed by atoms with Crippen LogP contribution < -0.4 is 0 Å². The van der Waals surface area contributed by atoms with Gasteiger partial charge in [0.05, 0.1) is 0 Å². The van der Waals surface area contributed by atoms with Gasteiger partial charge in [-0.1, -0.05) is 0 Å². The van der Waals surface area contributed by atoms with E-state index in [4.69, 9.17) is 4.89 Å². The fourth-order valence-electron chi connectivity index (χ4n) is 0. The number of hydrogen-bond acceptors (Lipinski definition) is 1. The maximum absolute atomic E-state index is 7.60. The van der Waals surface area contributed by atoms with Gasteiger partial charge >= 0.3 is 0 Å². The normalized spacial score (nSPS) is 6.00. The molecule has 0 aliphatic rings. The SMILES string of the molecule is CPO.[W].[Y]. The second kappa shape index (κ2) is 16.4. The quantitative estimate of drug-likeness (QED) is 0.627. The summed E-state index contributed by atoms with van der Waals surface area (Å²) in [6, 6.07) is 0. The van der Waals surface area contributed by atoms with Gasteiger partial charge in [-0.2, -0.15) is 0 Å². The summed E-state index contributed by atoms with van der Waals surface area (Å²) in [7, 11) is 0.0833. The largest absolute Gasteiger partial charge is 0.377 e. The average Bonchev–Trinajstić information content (AvgIpc) is 0.918. The van der Waals surface area contributed by atoms with Gasteiger partial charge in [0.1, 0.15) is 0 Å². The molecule has 0 bridgehead atoms. The monoisotopic (exact) mass is 337 g/mol. The van der Waals surface area contributed by atoms with Crippen LogP contribution in [0.15, 0.2) is 0 Å². The van der Waals surface area contributed by atoms with Crippen molar-refractivity contribution in [2.45, 2.75) is 0 Å². The first-order chi connectivity index (χ1) is 1.41. The molecular formula is CH5OPWY. The molecule has 0 aliphatic carbocycles.